The van der Waals surface area contributed by atoms with Crippen LogP contribution in [0.1, 0.15) is 27.2 Å². The molecule has 0 bridgehead atoms. The lowest BCUT2D eigenvalue weighted by Gasteiger charge is -2.37. The van der Waals surface area contributed by atoms with E-state index in [9.17, 15) is 4.79 Å². The van der Waals surface area contributed by atoms with Crippen LogP contribution >= 0.6 is 0 Å². The lowest BCUT2D eigenvalue weighted by molar-refractivity contribution is -0.156. The van der Waals surface area contributed by atoms with Crippen LogP contribution in [-0.2, 0) is 9.53 Å². The Kier molecular flexibility index (Phi) is 4.33. The number of esters is 1. The molecule has 1 saturated heterocycles. The van der Waals surface area contributed by atoms with Crippen molar-refractivity contribution in [2.75, 3.05) is 33.8 Å². The molecule has 0 amide bonds. The van der Waals surface area contributed by atoms with E-state index in [1.165, 1.54) is 0 Å². The van der Waals surface area contributed by atoms with Crippen molar-refractivity contribution in [1.82, 2.24) is 9.80 Å². The van der Waals surface area contributed by atoms with E-state index in [-0.39, 0.29) is 5.97 Å². The van der Waals surface area contributed by atoms with Gasteiger partial charge in [0.1, 0.15) is 5.54 Å². The zero-order valence-corrected chi connectivity index (χ0v) is 11.1. The highest BCUT2D eigenvalue weighted by atomic mass is 16.5. The molecule has 4 heteroatoms. The smallest absolute Gasteiger partial charge is 0.325 e. The monoisotopic (exact) mass is 228 g/mol. The predicted octanol–water partition coefficient (Wildman–Crippen LogP) is 0.964. The molecule has 94 valence electrons. The summed E-state index contributed by atoms with van der Waals surface area (Å²) >= 11 is 0. The predicted molar refractivity (Wildman–Crippen MR) is 64.4 cm³/mol. The zero-order chi connectivity index (χ0) is 12.3. The molecule has 0 aromatic rings. The van der Waals surface area contributed by atoms with E-state index >= 15 is 0 Å². The summed E-state index contributed by atoms with van der Waals surface area (Å²) in [5.41, 5.74) is -0.536. The van der Waals surface area contributed by atoms with Gasteiger partial charge in [-0.25, -0.2) is 0 Å². The Bertz CT molecular complexity index is 253. The van der Waals surface area contributed by atoms with Gasteiger partial charge in [0.15, 0.2) is 0 Å². The number of carbonyl (C=O) groups is 1. The van der Waals surface area contributed by atoms with Gasteiger partial charge in [-0.3, -0.25) is 9.69 Å². The molecule has 1 unspecified atom stereocenters. The van der Waals surface area contributed by atoms with Crippen LogP contribution in [0.3, 0.4) is 0 Å². The van der Waals surface area contributed by atoms with Gasteiger partial charge >= 0.3 is 5.97 Å². The number of carbonyl (C=O) groups excluding carboxylic acids is 1. The van der Waals surface area contributed by atoms with E-state index in [4.69, 9.17) is 4.74 Å². The van der Waals surface area contributed by atoms with Gasteiger partial charge in [-0.15, -0.1) is 0 Å². The highest BCUT2D eigenvalue weighted by Gasteiger charge is 2.39. The minimum atomic E-state index is -0.536. The molecule has 1 heterocycles. The molecular weight excluding hydrogens is 204 g/mol. The first-order valence-electron chi connectivity index (χ1n) is 5.98. The molecule has 1 rings (SSSR count). The van der Waals surface area contributed by atoms with Crippen molar-refractivity contribution in [3.05, 3.63) is 0 Å². The standard InChI is InChI=1S/C12H24N2O2/c1-6-16-11(15)12(2,3)14(5)10-7-8-13(4)9-10/h10H,6-9H2,1-5H3. The molecule has 1 atom stereocenters. The first-order valence-corrected chi connectivity index (χ1v) is 5.98. The van der Waals surface area contributed by atoms with Crippen molar-refractivity contribution in [3.8, 4) is 0 Å². The van der Waals surface area contributed by atoms with Crippen LogP contribution in [0.2, 0.25) is 0 Å². The number of hydrogen-bond donors (Lipinski definition) is 0. The van der Waals surface area contributed by atoms with Gasteiger partial charge in [-0.2, -0.15) is 0 Å². The minimum Gasteiger partial charge on any atom is -0.465 e. The quantitative estimate of drug-likeness (QED) is 0.671. The summed E-state index contributed by atoms with van der Waals surface area (Å²) in [5, 5.41) is 0. The summed E-state index contributed by atoms with van der Waals surface area (Å²) in [6, 6.07) is 0.449. The second-order valence-corrected chi connectivity index (χ2v) is 5.10. The van der Waals surface area contributed by atoms with Gasteiger partial charge in [0, 0.05) is 12.6 Å². The minimum absolute atomic E-state index is 0.132. The lowest BCUT2D eigenvalue weighted by Crippen LogP contribution is -2.53. The Labute approximate surface area is 98.5 Å². The topological polar surface area (TPSA) is 32.8 Å². The Morgan fingerprint density at radius 2 is 2.19 bits per heavy atom. The zero-order valence-electron chi connectivity index (χ0n) is 11.1. The molecule has 0 aromatic heterocycles. The largest absolute Gasteiger partial charge is 0.465 e. The molecule has 0 N–H and O–H groups in total. The van der Waals surface area contributed by atoms with E-state index in [0.29, 0.717) is 12.6 Å². The van der Waals surface area contributed by atoms with Crippen LogP contribution < -0.4 is 0 Å². The van der Waals surface area contributed by atoms with Gasteiger partial charge < -0.3 is 9.64 Å². The molecule has 1 aliphatic rings. The summed E-state index contributed by atoms with van der Waals surface area (Å²) in [6.07, 6.45) is 1.12. The third-order valence-electron chi connectivity index (χ3n) is 3.57. The Hall–Kier alpha value is -0.610. The van der Waals surface area contributed by atoms with E-state index in [2.05, 4.69) is 16.8 Å². The number of likely N-dealkylation sites (N-methyl/N-ethyl adjacent to an activating group) is 2. The number of rotatable bonds is 4. The van der Waals surface area contributed by atoms with Crippen molar-refractivity contribution in [2.45, 2.75) is 38.8 Å². The maximum Gasteiger partial charge on any atom is 0.325 e. The van der Waals surface area contributed by atoms with E-state index in [1.54, 1.807) is 0 Å². The van der Waals surface area contributed by atoms with Crippen molar-refractivity contribution >= 4 is 5.97 Å². The summed E-state index contributed by atoms with van der Waals surface area (Å²) < 4.78 is 5.12. The van der Waals surface area contributed by atoms with Gasteiger partial charge in [0.2, 0.25) is 0 Å². The molecule has 0 aliphatic carbocycles. The first-order chi connectivity index (χ1) is 7.39. The molecular formula is C12H24N2O2. The fraction of sp³-hybridized carbons (Fsp3) is 0.917. The Balaban J connectivity index is 2.63. The van der Waals surface area contributed by atoms with Crippen LogP contribution in [0.15, 0.2) is 0 Å². The average molecular weight is 228 g/mol. The van der Waals surface area contributed by atoms with Gasteiger partial charge in [0.05, 0.1) is 6.61 Å². The van der Waals surface area contributed by atoms with Gasteiger partial charge in [0.25, 0.3) is 0 Å². The SMILES string of the molecule is CCOC(=O)C(C)(C)N(C)C1CCN(C)C1. The molecule has 1 fully saturated rings. The average Bonchev–Trinajstić information content (AvgIpc) is 2.64. The van der Waals surface area contributed by atoms with Crippen molar-refractivity contribution in [2.24, 2.45) is 0 Å². The second-order valence-electron chi connectivity index (χ2n) is 5.10. The number of ether oxygens (including phenoxy) is 1. The van der Waals surface area contributed by atoms with Crippen LogP contribution in [0.4, 0.5) is 0 Å². The summed E-state index contributed by atoms with van der Waals surface area (Å²) in [4.78, 5) is 16.3. The summed E-state index contributed by atoms with van der Waals surface area (Å²) in [7, 11) is 4.13. The van der Waals surface area contributed by atoms with E-state index < -0.39 is 5.54 Å². The summed E-state index contributed by atoms with van der Waals surface area (Å²) in [6.45, 7) is 8.29. The third-order valence-corrected chi connectivity index (χ3v) is 3.57. The summed E-state index contributed by atoms with van der Waals surface area (Å²) in [5.74, 6) is -0.132. The third kappa shape index (κ3) is 2.74. The normalized spacial score (nSPS) is 22.8. The maximum absolute atomic E-state index is 11.9. The molecule has 0 spiro atoms. The molecule has 1 aliphatic heterocycles. The number of likely N-dealkylation sites (tertiary alicyclic amines) is 1. The molecule has 16 heavy (non-hydrogen) atoms. The molecule has 0 aromatic carbocycles. The molecule has 0 radical (unpaired) electrons. The van der Waals surface area contributed by atoms with Crippen molar-refractivity contribution in [3.63, 3.8) is 0 Å². The van der Waals surface area contributed by atoms with Crippen LogP contribution in [0, 0.1) is 0 Å². The van der Waals surface area contributed by atoms with Gasteiger partial charge in [-0.05, 0) is 47.8 Å². The Morgan fingerprint density at radius 3 is 2.62 bits per heavy atom. The lowest BCUT2D eigenvalue weighted by atomic mass is 10.0. The Morgan fingerprint density at radius 1 is 1.56 bits per heavy atom. The number of hydrogen-bond acceptors (Lipinski definition) is 4. The van der Waals surface area contributed by atoms with E-state index in [0.717, 1.165) is 19.5 Å². The van der Waals surface area contributed by atoms with E-state index in [1.807, 2.05) is 27.8 Å². The van der Waals surface area contributed by atoms with Crippen LogP contribution in [-0.4, -0.2) is 61.1 Å². The first kappa shape index (κ1) is 13.5. The molecule has 0 saturated carbocycles. The van der Waals surface area contributed by atoms with Crippen LogP contribution in [0.5, 0.6) is 0 Å². The molecule has 4 nitrogen and oxygen atoms in total. The van der Waals surface area contributed by atoms with Crippen molar-refractivity contribution < 1.29 is 9.53 Å². The van der Waals surface area contributed by atoms with Gasteiger partial charge in [-0.1, -0.05) is 0 Å². The van der Waals surface area contributed by atoms with Crippen LogP contribution in [0.25, 0.3) is 0 Å². The fourth-order valence-electron chi connectivity index (χ4n) is 2.14. The highest BCUT2D eigenvalue weighted by molar-refractivity contribution is 5.79. The number of nitrogens with zero attached hydrogens (tertiary/aromatic N) is 2. The highest BCUT2D eigenvalue weighted by Crippen LogP contribution is 2.22. The van der Waals surface area contributed by atoms with Crippen molar-refractivity contribution in [1.29, 1.82) is 0 Å². The second kappa shape index (κ2) is 5.15. The fourth-order valence-corrected chi connectivity index (χ4v) is 2.14. The maximum atomic E-state index is 11.9.